The van der Waals surface area contributed by atoms with Gasteiger partial charge in [0.2, 0.25) is 11.8 Å². The topological polar surface area (TPSA) is 96.0 Å². The molecule has 0 bridgehead atoms. The lowest BCUT2D eigenvalue weighted by Crippen LogP contribution is -2.54. The van der Waals surface area contributed by atoms with Crippen molar-refractivity contribution in [1.29, 1.82) is 0 Å². The molecule has 0 aromatic heterocycles. The summed E-state index contributed by atoms with van der Waals surface area (Å²) in [7, 11) is -4.22. The maximum Gasteiger partial charge on any atom is 0.264 e. The van der Waals surface area contributed by atoms with Crippen LogP contribution in [0.3, 0.4) is 0 Å². The van der Waals surface area contributed by atoms with Crippen molar-refractivity contribution < 1.29 is 22.7 Å². The maximum absolute atomic E-state index is 14.6. The Morgan fingerprint density at radius 2 is 1.49 bits per heavy atom. The number of amides is 2. The zero-order valence-electron chi connectivity index (χ0n) is 26.6. The SMILES string of the molecule is CCOc1ccc(N(CC(=O)N(Cc2cccc(Br)c2)[C@@H](Cc2ccccc2)C(=O)N[C@H](C)CC)S(=O)(=O)c2ccc(Br)cc2)cc1. The number of halogens is 2. The number of nitrogens with one attached hydrogen (secondary N) is 1. The first-order valence-corrected chi connectivity index (χ1v) is 18.4. The van der Waals surface area contributed by atoms with Gasteiger partial charge in [-0.3, -0.25) is 13.9 Å². The van der Waals surface area contributed by atoms with Gasteiger partial charge < -0.3 is 15.0 Å². The highest BCUT2D eigenvalue weighted by atomic mass is 79.9. The van der Waals surface area contributed by atoms with Crippen LogP contribution in [-0.2, 0) is 32.6 Å². The molecule has 0 heterocycles. The van der Waals surface area contributed by atoms with Crippen molar-refractivity contribution >= 4 is 59.4 Å². The predicted molar refractivity (Wildman–Crippen MR) is 193 cm³/mol. The van der Waals surface area contributed by atoms with E-state index in [1.807, 2.05) is 75.4 Å². The van der Waals surface area contributed by atoms with Gasteiger partial charge in [-0.25, -0.2) is 8.42 Å². The number of rotatable bonds is 15. The molecule has 4 aromatic carbocycles. The zero-order valence-corrected chi connectivity index (χ0v) is 30.6. The Kier molecular flexibility index (Phi) is 13.0. The summed E-state index contributed by atoms with van der Waals surface area (Å²) in [6.45, 7) is 5.74. The van der Waals surface area contributed by atoms with Crippen LogP contribution >= 0.6 is 31.9 Å². The van der Waals surface area contributed by atoms with E-state index in [2.05, 4.69) is 37.2 Å². The molecular formula is C36H39Br2N3O5S. The summed E-state index contributed by atoms with van der Waals surface area (Å²) in [6.07, 6.45) is 0.950. The molecule has 248 valence electrons. The molecule has 0 saturated carbocycles. The number of nitrogens with zero attached hydrogens (tertiary/aromatic N) is 2. The van der Waals surface area contributed by atoms with Gasteiger partial charge in [0.25, 0.3) is 10.0 Å². The minimum atomic E-state index is -4.22. The van der Waals surface area contributed by atoms with Crippen LogP contribution in [0.1, 0.15) is 38.3 Å². The fraction of sp³-hybridized carbons (Fsp3) is 0.278. The van der Waals surface area contributed by atoms with Gasteiger partial charge >= 0.3 is 0 Å². The van der Waals surface area contributed by atoms with Gasteiger partial charge in [0.15, 0.2) is 0 Å². The second-order valence-electron chi connectivity index (χ2n) is 11.1. The molecule has 2 amide bonds. The first-order chi connectivity index (χ1) is 22.5. The van der Waals surface area contributed by atoms with Crippen LogP contribution in [0, 0.1) is 0 Å². The summed E-state index contributed by atoms with van der Waals surface area (Å²) < 4.78 is 36.6. The van der Waals surface area contributed by atoms with Crippen LogP contribution < -0.4 is 14.4 Å². The molecule has 0 aliphatic carbocycles. The van der Waals surface area contributed by atoms with Crippen molar-refractivity contribution in [2.75, 3.05) is 17.5 Å². The lowest BCUT2D eigenvalue weighted by Gasteiger charge is -2.34. The molecule has 0 fully saturated rings. The number of hydrogen-bond donors (Lipinski definition) is 1. The van der Waals surface area contributed by atoms with E-state index >= 15 is 0 Å². The van der Waals surface area contributed by atoms with Crippen molar-refractivity contribution in [2.24, 2.45) is 0 Å². The number of ether oxygens (including phenoxy) is 1. The van der Waals surface area contributed by atoms with Crippen LogP contribution in [0.15, 0.2) is 117 Å². The molecule has 0 aliphatic heterocycles. The Morgan fingerprint density at radius 3 is 2.11 bits per heavy atom. The number of carbonyl (C=O) groups excluding carboxylic acids is 2. The summed E-state index contributed by atoms with van der Waals surface area (Å²) in [5.41, 5.74) is 1.94. The third-order valence-electron chi connectivity index (χ3n) is 7.63. The molecule has 1 N–H and O–H groups in total. The Hall–Kier alpha value is -3.67. The molecule has 47 heavy (non-hydrogen) atoms. The van der Waals surface area contributed by atoms with E-state index in [0.717, 1.165) is 24.4 Å². The number of anilines is 1. The molecule has 2 atom stereocenters. The van der Waals surface area contributed by atoms with Crippen LogP contribution in [0.2, 0.25) is 0 Å². The minimum Gasteiger partial charge on any atom is -0.494 e. The molecule has 8 nitrogen and oxygen atoms in total. The molecule has 0 saturated heterocycles. The van der Waals surface area contributed by atoms with E-state index < -0.39 is 28.5 Å². The quantitative estimate of drug-likeness (QED) is 0.136. The zero-order chi connectivity index (χ0) is 34.0. The number of benzene rings is 4. The van der Waals surface area contributed by atoms with Crippen LogP contribution in [0.4, 0.5) is 5.69 Å². The molecule has 11 heteroatoms. The summed E-state index contributed by atoms with van der Waals surface area (Å²) in [6, 6.07) is 28.8. The minimum absolute atomic E-state index is 0.0243. The van der Waals surface area contributed by atoms with Gasteiger partial charge in [-0.1, -0.05) is 81.2 Å². The Balaban J connectivity index is 1.81. The summed E-state index contributed by atoms with van der Waals surface area (Å²) in [4.78, 5) is 30.1. The van der Waals surface area contributed by atoms with Crippen molar-refractivity contribution in [2.45, 2.75) is 57.1 Å². The summed E-state index contributed by atoms with van der Waals surface area (Å²) >= 11 is 6.88. The highest BCUT2D eigenvalue weighted by Crippen LogP contribution is 2.28. The molecule has 0 aliphatic rings. The van der Waals surface area contributed by atoms with Crippen LogP contribution in [-0.4, -0.2) is 50.4 Å². The summed E-state index contributed by atoms with van der Waals surface area (Å²) in [5, 5.41) is 3.05. The van der Waals surface area contributed by atoms with E-state index in [1.54, 1.807) is 36.4 Å². The van der Waals surface area contributed by atoms with Gasteiger partial charge in [0.1, 0.15) is 18.3 Å². The van der Waals surface area contributed by atoms with E-state index in [1.165, 1.54) is 17.0 Å². The van der Waals surface area contributed by atoms with Gasteiger partial charge in [-0.2, -0.15) is 0 Å². The fourth-order valence-corrected chi connectivity index (χ4v) is 7.09. The third kappa shape index (κ3) is 9.92. The Morgan fingerprint density at radius 1 is 0.830 bits per heavy atom. The fourth-order valence-electron chi connectivity index (χ4n) is 4.96. The van der Waals surface area contributed by atoms with E-state index in [-0.39, 0.29) is 35.5 Å². The van der Waals surface area contributed by atoms with E-state index in [4.69, 9.17) is 4.74 Å². The van der Waals surface area contributed by atoms with Gasteiger partial charge in [0.05, 0.1) is 17.2 Å². The van der Waals surface area contributed by atoms with Crippen LogP contribution in [0.5, 0.6) is 5.75 Å². The predicted octanol–water partition coefficient (Wildman–Crippen LogP) is 7.36. The van der Waals surface area contributed by atoms with Gasteiger partial charge in [-0.05, 0) is 92.1 Å². The number of hydrogen-bond acceptors (Lipinski definition) is 5. The first-order valence-electron chi connectivity index (χ1n) is 15.4. The number of sulfonamides is 1. The standard InChI is InChI=1S/C36H39Br2N3O5S/c1-4-26(3)39-36(43)34(23-27-10-7-6-8-11-27)40(24-28-12-9-13-30(38)22-28)35(42)25-41(31-16-18-32(19-17-31)46-5-2)47(44,45)33-20-14-29(37)15-21-33/h6-22,26,34H,4-5,23-25H2,1-3H3,(H,39,43)/t26-,34+/m1/s1. The molecule has 0 spiro atoms. The maximum atomic E-state index is 14.6. The second-order valence-corrected chi connectivity index (χ2v) is 14.8. The van der Waals surface area contributed by atoms with Crippen molar-refractivity contribution in [1.82, 2.24) is 10.2 Å². The molecule has 4 aromatic rings. The first kappa shape index (κ1) is 36.2. The van der Waals surface area contributed by atoms with Gasteiger partial charge in [-0.15, -0.1) is 0 Å². The van der Waals surface area contributed by atoms with Crippen molar-refractivity contribution in [3.05, 3.63) is 123 Å². The highest BCUT2D eigenvalue weighted by molar-refractivity contribution is 9.10. The van der Waals surface area contributed by atoms with E-state index in [9.17, 15) is 18.0 Å². The van der Waals surface area contributed by atoms with Crippen molar-refractivity contribution in [3.8, 4) is 5.75 Å². The summed E-state index contributed by atoms with van der Waals surface area (Å²) in [5.74, 6) is -0.265. The highest BCUT2D eigenvalue weighted by Gasteiger charge is 2.35. The molecule has 0 unspecified atom stereocenters. The Labute approximate surface area is 294 Å². The van der Waals surface area contributed by atoms with Gasteiger partial charge in [0, 0.05) is 28.0 Å². The Bertz CT molecular complexity index is 1740. The average molecular weight is 786 g/mol. The lowest BCUT2D eigenvalue weighted by atomic mass is 10.0. The molecule has 0 radical (unpaired) electrons. The second kappa shape index (κ2) is 16.9. The molecular weight excluding hydrogens is 746 g/mol. The average Bonchev–Trinajstić information content (AvgIpc) is 3.06. The normalized spacial score (nSPS) is 12.5. The number of carbonyl (C=O) groups is 2. The third-order valence-corrected chi connectivity index (χ3v) is 10.4. The van der Waals surface area contributed by atoms with Crippen molar-refractivity contribution in [3.63, 3.8) is 0 Å². The molecule has 4 rings (SSSR count). The smallest absolute Gasteiger partial charge is 0.264 e. The lowest BCUT2D eigenvalue weighted by molar-refractivity contribution is -0.140. The van der Waals surface area contributed by atoms with E-state index in [0.29, 0.717) is 18.8 Å². The van der Waals surface area contributed by atoms with Crippen LogP contribution in [0.25, 0.3) is 0 Å². The monoisotopic (exact) mass is 783 g/mol. The largest absolute Gasteiger partial charge is 0.494 e.